The van der Waals surface area contributed by atoms with Gasteiger partial charge in [0.25, 0.3) is 0 Å². The molecule has 3 nitrogen and oxygen atoms in total. The molecule has 0 aliphatic carbocycles. The Bertz CT molecular complexity index is 369. The second-order valence-corrected chi connectivity index (χ2v) is 3.59. The van der Waals surface area contributed by atoms with E-state index in [0.717, 1.165) is 37.4 Å². The molecule has 0 radical (unpaired) electrons. The second-order valence-electron chi connectivity index (χ2n) is 3.59. The van der Waals surface area contributed by atoms with Gasteiger partial charge in [0, 0.05) is 19.8 Å². The molecule has 0 heterocycles. The van der Waals surface area contributed by atoms with Gasteiger partial charge in [-0.05, 0) is 31.9 Å². The van der Waals surface area contributed by atoms with Crippen LogP contribution < -0.4 is 5.32 Å². The van der Waals surface area contributed by atoms with Crippen molar-refractivity contribution >= 4 is 5.69 Å². The van der Waals surface area contributed by atoms with E-state index < -0.39 is 0 Å². The predicted molar refractivity (Wildman–Crippen MR) is 65.5 cm³/mol. The smallest absolute Gasteiger partial charge is 0.101 e. The number of nitriles is 1. The molecule has 0 aliphatic heterocycles. The lowest BCUT2D eigenvalue weighted by molar-refractivity contribution is 0.147. The summed E-state index contributed by atoms with van der Waals surface area (Å²) in [5.41, 5.74) is 2.76. The molecule has 1 aromatic rings. The minimum Gasteiger partial charge on any atom is -0.384 e. The summed E-state index contributed by atoms with van der Waals surface area (Å²) in [4.78, 5) is 0. The SMILES string of the molecule is CCOCCCNc1c(C)cccc1C#N. The highest BCUT2D eigenvalue weighted by atomic mass is 16.5. The number of ether oxygens (including phenoxy) is 1. The van der Waals surface area contributed by atoms with Gasteiger partial charge >= 0.3 is 0 Å². The van der Waals surface area contributed by atoms with E-state index in [4.69, 9.17) is 10.00 Å². The van der Waals surface area contributed by atoms with Crippen molar-refractivity contribution in [2.45, 2.75) is 20.3 Å². The minimum atomic E-state index is 0.705. The zero-order chi connectivity index (χ0) is 11.8. The van der Waals surface area contributed by atoms with Crippen molar-refractivity contribution in [3.05, 3.63) is 29.3 Å². The fourth-order valence-corrected chi connectivity index (χ4v) is 1.53. The molecule has 0 aliphatic rings. The number of hydrogen-bond acceptors (Lipinski definition) is 3. The van der Waals surface area contributed by atoms with Crippen molar-refractivity contribution < 1.29 is 4.74 Å². The van der Waals surface area contributed by atoms with Crippen LogP contribution in [0.2, 0.25) is 0 Å². The fraction of sp³-hybridized carbons (Fsp3) is 0.462. The molecule has 0 amide bonds. The maximum absolute atomic E-state index is 8.97. The average Bonchev–Trinajstić information content (AvgIpc) is 2.30. The van der Waals surface area contributed by atoms with Crippen LogP contribution >= 0.6 is 0 Å². The number of aryl methyl sites for hydroxylation is 1. The highest BCUT2D eigenvalue weighted by Gasteiger charge is 2.03. The van der Waals surface area contributed by atoms with Crippen molar-refractivity contribution in [1.29, 1.82) is 5.26 Å². The monoisotopic (exact) mass is 218 g/mol. The lowest BCUT2D eigenvalue weighted by atomic mass is 10.1. The normalized spacial score (nSPS) is 9.81. The summed E-state index contributed by atoms with van der Waals surface area (Å²) in [6.45, 7) is 6.35. The Hall–Kier alpha value is -1.53. The average molecular weight is 218 g/mol. The zero-order valence-corrected chi connectivity index (χ0v) is 9.92. The van der Waals surface area contributed by atoms with Crippen LogP contribution in [0.15, 0.2) is 18.2 Å². The third-order valence-electron chi connectivity index (χ3n) is 2.36. The number of nitrogens with one attached hydrogen (secondary N) is 1. The molecule has 0 saturated carbocycles. The number of benzene rings is 1. The second kappa shape index (κ2) is 6.86. The van der Waals surface area contributed by atoms with Crippen molar-refractivity contribution in [3.8, 4) is 6.07 Å². The first-order valence-corrected chi connectivity index (χ1v) is 5.61. The summed E-state index contributed by atoms with van der Waals surface area (Å²) in [5.74, 6) is 0. The van der Waals surface area contributed by atoms with E-state index in [-0.39, 0.29) is 0 Å². The van der Waals surface area contributed by atoms with Crippen molar-refractivity contribution in [1.82, 2.24) is 0 Å². The number of anilines is 1. The van der Waals surface area contributed by atoms with Crippen LogP contribution in [0.5, 0.6) is 0 Å². The summed E-state index contributed by atoms with van der Waals surface area (Å²) in [7, 11) is 0. The van der Waals surface area contributed by atoms with E-state index in [9.17, 15) is 0 Å². The molecule has 1 N–H and O–H groups in total. The largest absolute Gasteiger partial charge is 0.384 e. The Morgan fingerprint density at radius 3 is 2.94 bits per heavy atom. The number of hydrogen-bond donors (Lipinski definition) is 1. The van der Waals surface area contributed by atoms with E-state index >= 15 is 0 Å². The van der Waals surface area contributed by atoms with Crippen LogP contribution in [-0.4, -0.2) is 19.8 Å². The standard InChI is InChI=1S/C13H18N2O/c1-3-16-9-5-8-15-13-11(2)6-4-7-12(13)10-14/h4,6-7,15H,3,5,8-9H2,1-2H3. The first-order chi connectivity index (χ1) is 7.79. The summed E-state index contributed by atoms with van der Waals surface area (Å²) >= 11 is 0. The zero-order valence-electron chi connectivity index (χ0n) is 9.92. The van der Waals surface area contributed by atoms with E-state index in [1.54, 1.807) is 0 Å². The highest BCUT2D eigenvalue weighted by molar-refractivity contribution is 5.62. The van der Waals surface area contributed by atoms with Crippen LogP contribution in [0.25, 0.3) is 0 Å². The molecule has 0 aromatic heterocycles. The first kappa shape index (κ1) is 12.5. The van der Waals surface area contributed by atoms with Gasteiger partial charge in [0.1, 0.15) is 6.07 Å². The molecular weight excluding hydrogens is 200 g/mol. The quantitative estimate of drug-likeness (QED) is 0.747. The summed E-state index contributed by atoms with van der Waals surface area (Å²) < 4.78 is 5.25. The Labute approximate surface area is 97.0 Å². The Balaban J connectivity index is 2.50. The van der Waals surface area contributed by atoms with Crippen molar-refractivity contribution in [2.24, 2.45) is 0 Å². The molecule has 0 fully saturated rings. The highest BCUT2D eigenvalue weighted by Crippen LogP contribution is 2.19. The lowest BCUT2D eigenvalue weighted by Gasteiger charge is -2.10. The van der Waals surface area contributed by atoms with E-state index in [1.165, 1.54) is 0 Å². The van der Waals surface area contributed by atoms with Crippen molar-refractivity contribution in [3.63, 3.8) is 0 Å². The van der Waals surface area contributed by atoms with Crippen LogP contribution in [0.3, 0.4) is 0 Å². The van der Waals surface area contributed by atoms with Crippen LogP contribution in [0, 0.1) is 18.3 Å². The van der Waals surface area contributed by atoms with Crippen LogP contribution in [0.4, 0.5) is 5.69 Å². The lowest BCUT2D eigenvalue weighted by Crippen LogP contribution is -2.07. The molecule has 0 saturated heterocycles. The van der Waals surface area contributed by atoms with Crippen LogP contribution in [0.1, 0.15) is 24.5 Å². The fourth-order valence-electron chi connectivity index (χ4n) is 1.53. The van der Waals surface area contributed by atoms with Gasteiger partial charge in [0.15, 0.2) is 0 Å². The van der Waals surface area contributed by atoms with Gasteiger partial charge in [-0.1, -0.05) is 12.1 Å². The number of rotatable bonds is 6. The molecule has 0 unspecified atom stereocenters. The summed E-state index contributed by atoms with van der Waals surface area (Å²) in [5, 5.41) is 12.3. The number of nitrogens with zero attached hydrogens (tertiary/aromatic N) is 1. The minimum absolute atomic E-state index is 0.705. The maximum atomic E-state index is 8.97. The summed E-state index contributed by atoms with van der Waals surface area (Å²) in [6.07, 6.45) is 0.951. The van der Waals surface area contributed by atoms with E-state index in [0.29, 0.717) is 5.56 Å². The topological polar surface area (TPSA) is 45.0 Å². The molecule has 0 atom stereocenters. The molecule has 1 aromatic carbocycles. The van der Waals surface area contributed by atoms with Gasteiger partial charge in [-0.25, -0.2) is 0 Å². The van der Waals surface area contributed by atoms with Gasteiger partial charge in [0.2, 0.25) is 0 Å². The summed E-state index contributed by atoms with van der Waals surface area (Å²) in [6, 6.07) is 7.93. The van der Waals surface area contributed by atoms with Gasteiger partial charge in [-0.2, -0.15) is 5.26 Å². The third kappa shape index (κ3) is 3.56. The van der Waals surface area contributed by atoms with Crippen LogP contribution in [-0.2, 0) is 4.74 Å². The number of para-hydroxylation sites is 1. The van der Waals surface area contributed by atoms with E-state index in [1.807, 2.05) is 32.0 Å². The third-order valence-corrected chi connectivity index (χ3v) is 2.36. The molecular formula is C13H18N2O. The van der Waals surface area contributed by atoms with Crippen molar-refractivity contribution in [2.75, 3.05) is 25.1 Å². The molecule has 0 bridgehead atoms. The molecule has 16 heavy (non-hydrogen) atoms. The van der Waals surface area contributed by atoms with Gasteiger partial charge in [-0.15, -0.1) is 0 Å². The molecule has 0 spiro atoms. The molecule has 1 rings (SSSR count). The Morgan fingerprint density at radius 2 is 2.25 bits per heavy atom. The molecule has 3 heteroatoms. The van der Waals surface area contributed by atoms with E-state index in [2.05, 4.69) is 11.4 Å². The molecule has 86 valence electrons. The van der Waals surface area contributed by atoms with Gasteiger partial charge in [-0.3, -0.25) is 0 Å². The predicted octanol–water partition coefficient (Wildman–Crippen LogP) is 2.71. The first-order valence-electron chi connectivity index (χ1n) is 5.61. The Morgan fingerprint density at radius 1 is 1.44 bits per heavy atom. The van der Waals surface area contributed by atoms with Gasteiger partial charge in [0.05, 0.1) is 11.3 Å². The Kier molecular flexibility index (Phi) is 5.38. The van der Waals surface area contributed by atoms with Gasteiger partial charge < -0.3 is 10.1 Å². The maximum Gasteiger partial charge on any atom is 0.101 e.